The van der Waals surface area contributed by atoms with E-state index in [1.54, 1.807) is 12.1 Å². The van der Waals surface area contributed by atoms with Crippen molar-refractivity contribution in [2.75, 3.05) is 17.7 Å². The number of carbonyl (C=O) groups is 2. The van der Waals surface area contributed by atoms with Crippen LogP contribution >= 0.6 is 11.8 Å². The first-order chi connectivity index (χ1) is 13.0. The summed E-state index contributed by atoms with van der Waals surface area (Å²) >= 11 is 1.51. The van der Waals surface area contributed by atoms with E-state index in [4.69, 9.17) is 9.47 Å². The van der Waals surface area contributed by atoms with Gasteiger partial charge in [0.05, 0.1) is 29.7 Å². The highest BCUT2D eigenvalue weighted by Crippen LogP contribution is 2.24. The lowest BCUT2D eigenvalue weighted by Crippen LogP contribution is -2.15. The van der Waals surface area contributed by atoms with E-state index in [-0.39, 0.29) is 18.0 Å². The molecular formula is C21H25NO4S. The minimum atomic E-state index is -0.323. The van der Waals surface area contributed by atoms with Gasteiger partial charge in [0.1, 0.15) is 5.75 Å². The highest BCUT2D eigenvalue weighted by molar-refractivity contribution is 7.99. The molecule has 0 saturated heterocycles. The zero-order valence-electron chi connectivity index (χ0n) is 15.9. The molecule has 0 heterocycles. The van der Waals surface area contributed by atoms with Crippen molar-refractivity contribution in [3.63, 3.8) is 0 Å². The van der Waals surface area contributed by atoms with Crippen molar-refractivity contribution in [2.45, 2.75) is 32.6 Å². The third-order valence-corrected chi connectivity index (χ3v) is 4.50. The number of carbonyl (C=O) groups excluding carboxylic acids is 2. The maximum atomic E-state index is 12.2. The number of anilines is 1. The van der Waals surface area contributed by atoms with Crippen LogP contribution in [0.3, 0.4) is 0 Å². The highest BCUT2D eigenvalue weighted by Gasteiger charge is 2.10. The molecule has 2 aromatic rings. The molecule has 2 rings (SSSR count). The molecule has 2 aromatic carbocycles. The molecule has 0 aliphatic carbocycles. The van der Waals surface area contributed by atoms with Crippen LogP contribution in [0, 0.1) is 0 Å². The van der Waals surface area contributed by atoms with Gasteiger partial charge in [-0.25, -0.2) is 4.79 Å². The topological polar surface area (TPSA) is 64.6 Å². The minimum absolute atomic E-state index is 0.0794. The summed E-state index contributed by atoms with van der Waals surface area (Å²) in [5.41, 5.74) is 2.25. The van der Waals surface area contributed by atoms with Gasteiger partial charge in [0, 0.05) is 5.75 Å². The summed E-state index contributed by atoms with van der Waals surface area (Å²) in [6.07, 6.45) is -0.140. The van der Waals surface area contributed by atoms with Crippen LogP contribution < -0.4 is 10.1 Å². The van der Waals surface area contributed by atoms with Crippen LogP contribution in [0.1, 0.15) is 36.7 Å². The number of nitrogens with one attached hydrogen (secondary N) is 1. The Morgan fingerprint density at radius 3 is 2.44 bits per heavy atom. The van der Waals surface area contributed by atoms with E-state index in [2.05, 4.69) is 5.32 Å². The third-order valence-electron chi connectivity index (χ3n) is 3.50. The molecular weight excluding hydrogens is 362 g/mol. The summed E-state index contributed by atoms with van der Waals surface area (Å²) in [5.74, 6) is 1.28. The van der Waals surface area contributed by atoms with Crippen molar-refractivity contribution in [3.05, 3.63) is 59.7 Å². The molecule has 0 bridgehead atoms. The van der Waals surface area contributed by atoms with Gasteiger partial charge in [0.25, 0.3) is 0 Å². The maximum Gasteiger partial charge on any atom is 0.338 e. The van der Waals surface area contributed by atoms with Gasteiger partial charge in [-0.2, -0.15) is 0 Å². The average Bonchev–Trinajstić information content (AvgIpc) is 2.63. The molecule has 0 unspecified atom stereocenters. The van der Waals surface area contributed by atoms with Crippen molar-refractivity contribution in [1.82, 2.24) is 0 Å². The molecule has 5 nitrogen and oxygen atoms in total. The fourth-order valence-electron chi connectivity index (χ4n) is 2.32. The Labute approximate surface area is 164 Å². The predicted molar refractivity (Wildman–Crippen MR) is 109 cm³/mol. The standard InChI is InChI=1S/C21H25NO4S/c1-4-25-19-8-6-5-7-18(19)22-20(23)14-27-13-16-9-11-17(12-10-16)21(24)26-15(2)3/h5-12,15H,4,13-14H2,1-3H3,(H,22,23). The van der Waals surface area contributed by atoms with Crippen LogP contribution in [-0.4, -0.2) is 30.3 Å². The van der Waals surface area contributed by atoms with Crippen molar-refractivity contribution >= 4 is 29.3 Å². The van der Waals surface area contributed by atoms with Crippen LogP contribution in [-0.2, 0) is 15.3 Å². The van der Waals surface area contributed by atoms with Gasteiger partial charge >= 0.3 is 5.97 Å². The Kier molecular flexibility index (Phi) is 8.20. The number of rotatable bonds is 9. The maximum absolute atomic E-state index is 12.2. The van der Waals surface area contributed by atoms with E-state index in [1.807, 2.05) is 57.2 Å². The number of thioether (sulfide) groups is 1. The largest absolute Gasteiger partial charge is 0.492 e. The third kappa shape index (κ3) is 6.98. The van der Waals surface area contributed by atoms with Gasteiger partial charge in [-0.15, -0.1) is 11.8 Å². The number of amides is 1. The minimum Gasteiger partial charge on any atom is -0.492 e. The second kappa shape index (κ2) is 10.6. The summed E-state index contributed by atoms with van der Waals surface area (Å²) in [7, 11) is 0. The van der Waals surface area contributed by atoms with Gasteiger partial charge in [-0.3, -0.25) is 4.79 Å². The van der Waals surface area contributed by atoms with Crippen LogP contribution in [0.2, 0.25) is 0 Å². The Hall–Kier alpha value is -2.47. The number of benzene rings is 2. The lowest BCUT2D eigenvalue weighted by atomic mass is 10.1. The number of ether oxygens (including phenoxy) is 2. The SMILES string of the molecule is CCOc1ccccc1NC(=O)CSCc1ccc(C(=O)OC(C)C)cc1. The Morgan fingerprint density at radius 2 is 1.78 bits per heavy atom. The summed E-state index contributed by atoms with van der Waals surface area (Å²) in [6.45, 7) is 6.09. The van der Waals surface area contributed by atoms with Crippen molar-refractivity contribution in [1.29, 1.82) is 0 Å². The summed E-state index contributed by atoms with van der Waals surface area (Å²) < 4.78 is 10.7. The second-order valence-corrected chi connectivity index (χ2v) is 7.11. The molecule has 0 saturated carbocycles. The number of hydrogen-bond acceptors (Lipinski definition) is 5. The molecule has 0 spiro atoms. The molecule has 6 heteroatoms. The molecule has 0 aliphatic heterocycles. The first kappa shape index (κ1) is 20.8. The van der Waals surface area contributed by atoms with E-state index < -0.39 is 0 Å². The van der Waals surface area contributed by atoms with Crippen LogP contribution in [0.15, 0.2) is 48.5 Å². The second-order valence-electron chi connectivity index (χ2n) is 6.12. The average molecular weight is 388 g/mol. The molecule has 1 amide bonds. The van der Waals surface area contributed by atoms with E-state index in [0.29, 0.717) is 35.1 Å². The molecule has 0 fully saturated rings. The van der Waals surface area contributed by atoms with Gasteiger partial charge in [-0.1, -0.05) is 24.3 Å². The van der Waals surface area contributed by atoms with E-state index in [9.17, 15) is 9.59 Å². The molecule has 27 heavy (non-hydrogen) atoms. The first-order valence-electron chi connectivity index (χ1n) is 8.89. The Balaban J connectivity index is 1.80. The highest BCUT2D eigenvalue weighted by atomic mass is 32.2. The quantitative estimate of drug-likeness (QED) is 0.641. The van der Waals surface area contributed by atoms with Crippen LogP contribution in [0.4, 0.5) is 5.69 Å². The molecule has 0 aliphatic rings. The monoisotopic (exact) mass is 387 g/mol. The van der Waals surface area contributed by atoms with E-state index in [1.165, 1.54) is 11.8 Å². The summed E-state index contributed by atoms with van der Waals surface area (Å²) in [5, 5.41) is 2.88. The normalized spacial score (nSPS) is 10.5. The fourth-order valence-corrected chi connectivity index (χ4v) is 3.11. The van der Waals surface area contributed by atoms with Gasteiger partial charge < -0.3 is 14.8 Å². The predicted octanol–water partition coefficient (Wildman–Crippen LogP) is 4.52. The summed E-state index contributed by atoms with van der Waals surface area (Å²) in [4.78, 5) is 24.0. The number of hydrogen-bond donors (Lipinski definition) is 1. The lowest BCUT2D eigenvalue weighted by Gasteiger charge is -2.11. The lowest BCUT2D eigenvalue weighted by molar-refractivity contribution is -0.113. The molecule has 0 atom stereocenters. The van der Waals surface area contributed by atoms with Crippen molar-refractivity contribution < 1.29 is 19.1 Å². The molecule has 0 aromatic heterocycles. The van der Waals surface area contributed by atoms with Crippen molar-refractivity contribution in [2.24, 2.45) is 0 Å². The smallest absolute Gasteiger partial charge is 0.338 e. The van der Waals surface area contributed by atoms with E-state index >= 15 is 0 Å². The van der Waals surface area contributed by atoms with E-state index in [0.717, 1.165) is 5.56 Å². The van der Waals surface area contributed by atoms with Gasteiger partial charge in [0.15, 0.2) is 0 Å². The number of esters is 1. The van der Waals surface area contributed by atoms with Gasteiger partial charge in [-0.05, 0) is 50.6 Å². The zero-order chi connectivity index (χ0) is 19.6. The molecule has 1 N–H and O–H groups in total. The van der Waals surface area contributed by atoms with Crippen LogP contribution in [0.25, 0.3) is 0 Å². The Morgan fingerprint density at radius 1 is 1.07 bits per heavy atom. The molecule has 0 radical (unpaired) electrons. The van der Waals surface area contributed by atoms with Gasteiger partial charge in [0.2, 0.25) is 5.91 Å². The molecule has 144 valence electrons. The summed E-state index contributed by atoms with van der Waals surface area (Å²) in [6, 6.07) is 14.6. The van der Waals surface area contributed by atoms with Crippen LogP contribution in [0.5, 0.6) is 5.75 Å². The fraction of sp³-hybridized carbons (Fsp3) is 0.333. The first-order valence-corrected chi connectivity index (χ1v) is 10.0. The zero-order valence-corrected chi connectivity index (χ0v) is 16.7. The number of para-hydroxylation sites is 2. The van der Waals surface area contributed by atoms with Crippen molar-refractivity contribution in [3.8, 4) is 5.75 Å². The Bertz CT molecular complexity index is 759.